The van der Waals surface area contributed by atoms with Crippen molar-refractivity contribution in [1.82, 2.24) is 9.88 Å². The summed E-state index contributed by atoms with van der Waals surface area (Å²) in [6.45, 7) is 1.51. The smallest absolute Gasteiger partial charge is 0.128 e. The molecule has 6 heteroatoms. The van der Waals surface area contributed by atoms with Gasteiger partial charge < -0.3 is 14.8 Å². The lowest BCUT2D eigenvalue weighted by Crippen LogP contribution is -2.36. The van der Waals surface area contributed by atoms with Crippen LogP contribution in [0.15, 0.2) is 66.7 Å². The summed E-state index contributed by atoms with van der Waals surface area (Å²) in [6, 6.07) is 19.0. The number of hydrogen-bond donors (Lipinski definition) is 2. The number of nitrogens with zero attached hydrogens (tertiary/aromatic N) is 1. The lowest BCUT2D eigenvalue weighted by Gasteiger charge is -2.36. The van der Waals surface area contributed by atoms with Gasteiger partial charge in [-0.25, -0.2) is 8.78 Å². The van der Waals surface area contributed by atoms with Crippen LogP contribution < -0.4 is 4.74 Å². The summed E-state index contributed by atoms with van der Waals surface area (Å²) < 4.78 is 34.5. The molecule has 0 aliphatic carbocycles. The molecule has 164 valence electrons. The first-order chi connectivity index (χ1) is 15.6. The fraction of sp³-hybridized carbons (Fsp3) is 0.231. The van der Waals surface area contributed by atoms with Crippen molar-refractivity contribution in [2.24, 2.45) is 0 Å². The summed E-state index contributed by atoms with van der Waals surface area (Å²) in [4.78, 5) is 5.66. The fourth-order valence-corrected chi connectivity index (χ4v) is 4.63. The highest BCUT2D eigenvalue weighted by Crippen LogP contribution is 2.40. The fourth-order valence-electron chi connectivity index (χ4n) is 4.63. The van der Waals surface area contributed by atoms with Crippen LogP contribution in [0, 0.1) is 11.6 Å². The van der Waals surface area contributed by atoms with Crippen molar-refractivity contribution in [2.75, 3.05) is 19.8 Å². The maximum absolute atomic E-state index is 14.9. The number of fused-ring (bicyclic) bond motifs is 3. The van der Waals surface area contributed by atoms with Crippen molar-refractivity contribution in [3.8, 4) is 5.75 Å². The summed E-state index contributed by atoms with van der Waals surface area (Å²) in [5.41, 5.74) is 4.47. The van der Waals surface area contributed by atoms with Crippen molar-refractivity contribution in [1.29, 1.82) is 0 Å². The molecule has 0 amide bonds. The Kier molecular flexibility index (Phi) is 5.64. The SMILES string of the molecule is OCCOc1ccc(CN2CCc3c([nH]c4ccccc34)[C@H]2c2cc(F)ccc2F)cc1. The second-order valence-corrected chi connectivity index (χ2v) is 8.07. The van der Waals surface area contributed by atoms with Crippen LogP contribution in [-0.4, -0.2) is 34.7 Å². The third-order valence-corrected chi connectivity index (χ3v) is 6.06. The van der Waals surface area contributed by atoms with E-state index in [1.54, 1.807) is 0 Å². The largest absolute Gasteiger partial charge is 0.491 e. The van der Waals surface area contributed by atoms with Crippen molar-refractivity contribution in [3.05, 3.63) is 101 Å². The van der Waals surface area contributed by atoms with Crippen LogP contribution in [-0.2, 0) is 13.0 Å². The van der Waals surface area contributed by atoms with Crippen molar-refractivity contribution >= 4 is 10.9 Å². The minimum Gasteiger partial charge on any atom is -0.491 e. The van der Waals surface area contributed by atoms with Gasteiger partial charge in [0, 0.05) is 35.2 Å². The van der Waals surface area contributed by atoms with E-state index in [4.69, 9.17) is 9.84 Å². The minimum atomic E-state index is -0.449. The van der Waals surface area contributed by atoms with Crippen molar-refractivity contribution in [3.63, 3.8) is 0 Å². The first kappa shape index (κ1) is 20.7. The highest BCUT2D eigenvalue weighted by atomic mass is 19.1. The molecule has 1 aromatic heterocycles. The zero-order chi connectivity index (χ0) is 22.1. The van der Waals surface area contributed by atoms with E-state index in [1.807, 2.05) is 42.5 Å². The van der Waals surface area contributed by atoms with Crippen LogP contribution in [0.25, 0.3) is 10.9 Å². The number of ether oxygens (including phenoxy) is 1. The van der Waals surface area contributed by atoms with E-state index in [0.29, 0.717) is 17.9 Å². The molecule has 4 nitrogen and oxygen atoms in total. The Labute approximate surface area is 185 Å². The molecule has 32 heavy (non-hydrogen) atoms. The monoisotopic (exact) mass is 434 g/mol. The molecule has 0 unspecified atom stereocenters. The number of halogens is 2. The normalized spacial score (nSPS) is 16.3. The molecule has 0 fully saturated rings. The van der Waals surface area contributed by atoms with Gasteiger partial charge in [-0.3, -0.25) is 4.90 Å². The Morgan fingerprint density at radius 1 is 1.03 bits per heavy atom. The number of benzene rings is 3. The number of aliphatic hydroxyl groups is 1. The number of para-hydroxylation sites is 1. The molecule has 2 heterocycles. The average Bonchev–Trinajstić information content (AvgIpc) is 3.19. The minimum absolute atomic E-state index is 0.0384. The van der Waals surface area contributed by atoms with Crippen LogP contribution in [0.3, 0.4) is 0 Å². The molecule has 0 saturated carbocycles. The van der Waals surface area contributed by atoms with E-state index in [1.165, 1.54) is 17.7 Å². The van der Waals surface area contributed by atoms with Crippen LogP contribution in [0.2, 0.25) is 0 Å². The van der Waals surface area contributed by atoms with Gasteiger partial charge in [-0.05, 0) is 53.9 Å². The molecule has 1 atom stereocenters. The van der Waals surface area contributed by atoms with Crippen LogP contribution >= 0.6 is 0 Å². The number of nitrogens with one attached hydrogen (secondary N) is 1. The van der Waals surface area contributed by atoms with Gasteiger partial charge in [-0.1, -0.05) is 30.3 Å². The van der Waals surface area contributed by atoms with Gasteiger partial charge in [0.15, 0.2) is 0 Å². The molecule has 2 N–H and O–H groups in total. The van der Waals surface area contributed by atoms with Gasteiger partial charge in [0.25, 0.3) is 0 Å². The number of hydrogen-bond acceptors (Lipinski definition) is 3. The Bertz CT molecular complexity index is 1240. The summed E-state index contributed by atoms with van der Waals surface area (Å²) in [6.07, 6.45) is 0.824. The van der Waals surface area contributed by atoms with Crippen molar-refractivity contribution in [2.45, 2.75) is 19.0 Å². The zero-order valence-electron chi connectivity index (χ0n) is 17.5. The van der Waals surface area contributed by atoms with E-state index in [-0.39, 0.29) is 13.2 Å². The first-order valence-corrected chi connectivity index (χ1v) is 10.7. The molecular weight excluding hydrogens is 410 g/mol. The standard InChI is InChI=1S/C26H24F2N2O2/c27-18-7-10-23(28)22(15-18)26-25-21(20-3-1-2-4-24(20)29-25)11-12-30(26)16-17-5-8-19(9-6-17)32-14-13-31/h1-10,15,26,29,31H,11-14,16H2/t26-/m1/s1. The summed E-state index contributed by atoms with van der Waals surface area (Å²) in [5, 5.41) is 10.1. The molecule has 1 aliphatic heterocycles. The predicted octanol–water partition coefficient (Wildman–Crippen LogP) is 4.96. The molecule has 0 saturated heterocycles. The molecule has 0 radical (unpaired) electrons. The summed E-state index contributed by atoms with van der Waals surface area (Å²) >= 11 is 0. The molecule has 0 spiro atoms. The Morgan fingerprint density at radius 3 is 2.66 bits per heavy atom. The maximum atomic E-state index is 14.9. The third kappa shape index (κ3) is 3.87. The van der Waals surface area contributed by atoms with Gasteiger partial charge in [0.05, 0.1) is 12.6 Å². The van der Waals surface area contributed by atoms with Gasteiger partial charge in [-0.15, -0.1) is 0 Å². The quantitative estimate of drug-likeness (QED) is 0.451. The topological polar surface area (TPSA) is 48.5 Å². The Balaban J connectivity index is 1.53. The molecular formula is C26H24F2N2O2. The van der Waals surface area contributed by atoms with Gasteiger partial charge in [0.1, 0.15) is 24.0 Å². The molecule has 4 aromatic rings. The van der Waals surface area contributed by atoms with Crippen LogP contribution in [0.4, 0.5) is 8.78 Å². The van der Waals surface area contributed by atoms with Crippen LogP contribution in [0.1, 0.15) is 28.4 Å². The highest BCUT2D eigenvalue weighted by Gasteiger charge is 2.33. The molecule has 3 aromatic carbocycles. The number of H-pyrrole nitrogens is 1. The van der Waals surface area contributed by atoms with Gasteiger partial charge >= 0.3 is 0 Å². The van der Waals surface area contributed by atoms with E-state index in [0.717, 1.165) is 41.2 Å². The molecule has 0 bridgehead atoms. The van der Waals surface area contributed by atoms with Gasteiger partial charge in [-0.2, -0.15) is 0 Å². The highest BCUT2D eigenvalue weighted by molar-refractivity contribution is 5.85. The molecule has 1 aliphatic rings. The number of aromatic nitrogens is 1. The zero-order valence-corrected chi connectivity index (χ0v) is 17.5. The van der Waals surface area contributed by atoms with E-state index >= 15 is 0 Å². The Morgan fingerprint density at radius 2 is 1.84 bits per heavy atom. The summed E-state index contributed by atoms with van der Waals surface area (Å²) in [5.74, 6) is -0.178. The number of rotatable bonds is 6. The first-order valence-electron chi connectivity index (χ1n) is 10.7. The second kappa shape index (κ2) is 8.73. The van der Waals surface area contributed by atoms with Crippen molar-refractivity contribution < 1.29 is 18.6 Å². The number of aromatic amines is 1. The summed E-state index contributed by atoms with van der Waals surface area (Å²) in [7, 11) is 0. The predicted molar refractivity (Wildman–Crippen MR) is 120 cm³/mol. The maximum Gasteiger partial charge on any atom is 0.128 e. The third-order valence-electron chi connectivity index (χ3n) is 6.06. The van der Waals surface area contributed by atoms with Crippen LogP contribution in [0.5, 0.6) is 5.75 Å². The second-order valence-electron chi connectivity index (χ2n) is 8.07. The Hall–Kier alpha value is -3.22. The molecule has 5 rings (SSSR count). The van der Waals surface area contributed by atoms with E-state index < -0.39 is 17.7 Å². The van der Waals surface area contributed by atoms with E-state index in [2.05, 4.69) is 16.0 Å². The van der Waals surface area contributed by atoms with E-state index in [9.17, 15) is 8.78 Å². The average molecular weight is 434 g/mol. The number of aliphatic hydroxyl groups excluding tert-OH is 1. The lowest BCUT2D eigenvalue weighted by molar-refractivity contribution is 0.196. The lowest BCUT2D eigenvalue weighted by atomic mass is 9.91. The van der Waals surface area contributed by atoms with Gasteiger partial charge in [0.2, 0.25) is 0 Å².